The standard InChI is InChI=1S/C16H14BrFN2S/c1-10(7-11-5-3-2-4-6-11)20-15-9-13(18)12(17)8-14(15)19-16(20)21/h2-6,8-10H,7H2,1H3,(H,19,21). The Morgan fingerprint density at radius 1 is 1.29 bits per heavy atom. The molecule has 1 N–H and O–H groups in total. The van der Waals surface area contributed by atoms with Crippen LogP contribution in [0.2, 0.25) is 0 Å². The summed E-state index contributed by atoms with van der Waals surface area (Å²) in [4.78, 5) is 3.14. The second kappa shape index (κ2) is 5.73. The molecule has 21 heavy (non-hydrogen) atoms. The van der Waals surface area contributed by atoms with Gasteiger partial charge in [-0.2, -0.15) is 0 Å². The number of H-pyrrole nitrogens is 1. The van der Waals surface area contributed by atoms with E-state index in [1.807, 2.05) is 22.8 Å². The maximum atomic E-state index is 13.8. The van der Waals surface area contributed by atoms with Crippen molar-refractivity contribution in [2.45, 2.75) is 19.4 Å². The first-order chi connectivity index (χ1) is 10.1. The molecule has 0 saturated carbocycles. The van der Waals surface area contributed by atoms with Crippen molar-refractivity contribution in [3.05, 3.63) is 63.1 Å². The Morgan fingerprint density at radius 2 is 2.00 bits per heavy atom. The van der Waals surface area contributed by atoms with Gasteiger partial charge in [-0.3, -0.25) is 0 Å². The summed E-state index contributed by atoms with van der Waals surface area (Å²) in [6.07, 6.45) is 0.847. The zero-order chi connectivity index (χ0) is 15.0. The number of halogens is 2. The van der Waals surface area contributed by atoms with E-state index >= 15 is 0 Å². The van der Waals surface area contributed by atoms with Crippen molar-refractivity contribution in [2.75, 3.05) is 0 Å². The largest absolute Gasteiger partial charge is 0.331 e. The van der Waals surface area contributed by atoms with E-state index in [4.69, 9.17) is 12.2 Å². The number of hydrogen-bond acceptors (Lipinski definition) is 1. The van der Waals surface area contributed by atoms with E-state index in [1.165, 1.54) is 11.6 Å². The molecule has 0 bridgehead atoms. The summed E-state index contributed by atoms with van der Waals surface area (Å²) in [6.45, 7) is 2.09. The fourth-order valence-electron chi connectivity index (χ4n) is 2.60. The van der Waals surface area contributed by atoms with Crippen LogP contribution in [0.15, 0.2) is 46.9 Å². The Hall–Kier alpha value is -1.46. The molecule has 0 spiro atoms. The minimum absolute atomic E-state index is 0.147. The number of aromatic amines is 1. The van der Waals surface area contributed by atoms with Crippen LogP contribution in [-0.4, -0.2) is 9.55 Å². The highest BCUT2D eigenvalue weighted by atomic mass is 79.9. The molecule has 2 nitrogen and oxygen atoms in total. The molecule has 3 aromatic rings. The smallest absolute Gasteiger partial charge is 0.178 e. The second-order valence-corrected chi connectivity index (χ2v) is 6.36. The van der Waals surface area contributed by atoms with Gasteiger partial charge >= 0.3 is 0 Å². The fourth-order valence-corrected chi connectivity index (χ4v) is 3.34. The van der Waals surface area contributed by atoms with Crippen molar-refractivity contribution < 1.29 is 4.39 Å². The van der Waals surface area contributed by atoms with E-state index in [2.05, 4.69) is 40.0 Å². The molecule has 1 heterocycles. The molecular weight excluding hydrogens is 351 g/mol. The van der Waals surface area contributed by atoms with E-state index in [0.29, 0.717) is 9.24 Å². The van der Waals surface area contributed by atoms with Gasteiger partial charge in [0.1, 0.15) is 5.82 Å². The van der Waals surface area contributed by atoms with Gasteiger partial charge in [-0.15, -0.1) is 0 Å². The molecule has 0 aliphatic carbocycles. The molecule has 0 amide bonds. The van der Waals surface area contributed by atoms with Crippen LogP contribution >= 0.6 is 28.1 Å². The van der Waals surface area contributed by atoms with Crippen molar-refractivity contribution in [3.8, 4) is 0 Å². The molecule has 0 radical (unpaired) electrons. The molecule has 1 aromatic heterocycles. The number of nitrogens with one attached hydrogen (secondary N) is 1. The molecule has 3 rings (SSSR count). The van der Waals surface area contributed by atoms with Gasteiger partial charge in [0.25, 0.3) is 0 Å². The Balaban J connectivity index is 2.05. The average molecular weight is 365 g/mol. The Bertz CT molecular complexity index is 839. The lowest BCUT2D eigenvalue weighted by molar-refractivity contribution is 0.551. The quantitative estimate of drug-likeness (QED) is 0.616. The predicted octanol–water partition coefficient (Wildman–Crippen LogP) is 5.40. The number of imidazole rings is 1. The molecule has 1 unspecified atom stereocenters. The summed E-state index contributed by atoms with van der Waals surface area (Å²) >= 11 is 8.60. The zero-order valence-corrected chi connectivity index (χ0v) is 13.8. The van der Waals surface area contributed by atoms with E-state index in [1.54, 1.807) is 6.07 Å². The number of benzene rings is 2. The van der Waals surface area contributed by atoms with Crippen LogP contribution in [0.3, 0.4) is 0 Å². The van der Waals surface area contributed by atoms with Crippen molar-refractivity contribution in [2.24, 2.45) is 0 Å². The highest BCUT2D eigenvalue weighted by Crippen LogP contribution is 2.26. The minimum atomic E-state index is -0.280. The molecule has 2 aromatic carbocycles. The van der Waals surface area contributed by atoms with E-state index in [0.717, 1.165) is 17.5 Å². The van der Waals surface area contributed by atoms with Gasteiger partial charge < -0.3 is 9.55 Å². The number of aromatic nitrogens is 2. The summed E-state index contributed by atoms with van der Waals surface area (Å²) in [5, 5.41) is 0. The lowest BCUT2D eigenvalue weighted by Crippen LogP contribution is -2.08. The van der Waals surface area contributed by atoms with E-state index < -0.39 is 0 Å². The van der Waals surface area contributed by atoms with Crippen molar-refractivity contribution in [1.29, 1.82) is 0 Å². The highest BCUT2D eigenvalue weighted by molar-refractivity contribution is 9.10. The van der Waals surface area contributed by atoms with Crippen LogP contribution in [-0.2, 0) is 6.42 Å². The summed E-state index contributed by atoms with van der Waals surface area (Å²) < 4.78 is 16.9. The number of hydrogen-bond donors (Lipinski definition) is 1. The van der Waals surface area contributed by atoms with Crippen LogP contribution in [0.5, 0.6) is 0 Å². The third-order valence-electron chi connectivity index (χ3n) is 3.57. The van der Waals surface area contributed by atoms with Gasteiger partial charge in [-0.1, -0.05) is 30.3 Å². The van der Waals surface area contributed by atoms with Crippen LogP contribution in [0, 0.1) is 10.6 Å². The number of rotatable bonds is 3. The van der Waals surface area contributed by atoms with Crippen molar-refractivity contribution in [1.82, 2.24) is 9.55 Å². The van der Waals surface area contributed by atoms with Crippen molar-refractivity contribution >= 4 is 39.2 Å². The minimum Gasteiger partial charge on any atom is -0.331 e. The lowest BCUT2D eigenvalue weighted by atomic mass is 10.1. The predicted molar refractivity (Wildman–Crippen MR) is 89.6 cm³/mol. The molecule has 0 aliphatic heterocycles. The Kier molecular flexibility index (Phi) is 3.95. The summed E-state index contributed by atoms with van der Waals surface area (Å²) in [5.41, 5.74) is 2.87. The first-order valence-electron chi connectivity index (χ1n) is 6.69. The molecule has 0 aliphatic rings. The maximum absolute atomic E-state index is 13.8. The fraction of sp³-hybridized carbons (Fsp3) is 0.188. The highest BCUT2D eigenvalue weighted by Gasteiger charge is 2.14. The normalized spacial score (nSPS) is 12.7. The van der Waals surface area contributed by atoms with Gasteiger partial charge in [0.05, 0.1) is 15.5 Å². The third kappa shape index (κ3) is 2.80. The first kappa shape index (κ1) is 14.5. The van der Waals surface area contributed by atoms with Gasteiger partial charge in [0.2, 0.25) is 0 Å². The molecule has 5 heteroatoms. The van der Waals surface area contributed by atoms with Gasteiger partial charge in [0.15, 0.2) is 4.77 Å². The molecular formula is C16H14BrFN2S. The second-order valence-electron chi connectivity index (χ2n) is 5.12. The zero-order valence-electron chi connectivity index (χ0n) is 11.4. The first-order valence-corrected chi connectivity index (χ1v) is 7.89. The van der Waals surface area contributed by atoms with Gasteiger partial charge in [0, 0.05) is 12.1 Å². The van der Waals surface area contributed by atoms with Gasteiger partial charge in [-0.25, -0.2) is 4.39 Å². The summed E-state index contributed by atoms with van der Waals surface area (Å²) in [6, 6.07) is 13.6. The number of nitrogens with zero attached hydrogens (tertiary/aromatic N) is 1. The summed E-state index contributed by atoms with van der Waals surface area (Å²) in [5.74, 6) is -0.280. The average Bonchev–Trinajstić information content (AvgIpc) is 2.75. The number of fused-ring (bicyclic) bond motifs is 1. The maximum Gasteiger partial charge on any atom is 0.178 e. The molecule has 108 valence electrons. The monoisotopic (exact) mass is 364 g/mol. The van der Waals surface area contributed by atoms with Crippen LogP contribution < -0.4 is 0 Å². The topological polar surface area (TPSA) is 20.7 Å². The third-order valence-corrected chi connectivity index (χ3v) is 4.48. The lowest BCUT2D eigenvalue weighted by Gasteiger charge is -2.15. The molecule has 1 atom stereocenters. The van der Waals surface area contributed by atoms with Crippen LogP contribution in [0.25, 0.3) is 11.0 Å². The van der Waals surface area contributed by atoms with Crippen molar-refractivity contribution in [3.63, 3.8) is 0 Å². The molecule has 0 fully saturated rings. The van der Waals surface area contributed by atoms with E-state index in [-0.39, 0.29) is 11.9 Å². The molecule has 0 saturated heterocycles. The Morgan fingerprint density at radius 3 is 2.71 bits per heavy atom. The van der Waals surface area contributed by atoms with Gasteiger partial charge in [-0.05, 0) is 53.1 Å². The van der Waals surface area contributed by atoms with E-state index in [9.17, 15) is 4.39 Å². The van der Waals surface area contributed by atoms with Crippen LogP contribution in [0.1, 0.15) is 18.5 Å². The Labute approximate surface area is 135 Å². The SMILES string of the molecule is CC(Cc1ccccc1)n1c(=S)[nH]c2cc(Br)c(F)cc21. The van der Waals surface area contributed by atoms with Crippen LogP contribution in [0.4, 0.5) is 4.39 Å². The summed E-state index contributed by atoms with van der Waals surface area (Å²) in [7, 11) is 0.